The highest BCUT2D eigenvalue weighted by molar-refractivity contribution is 8.01. The summed E-state index contributed by atoms with van der Waals surface area (Å²) in [5, 5.41) is 8.55. The molecule has 3 N–H and O–H groups in total. The van der Waals surface area contributed by atoms with Gasteiger partial charge in [-0.1, -0.05) is 0 Å². The van der Waals surface area contributed by atoms with E-state index in [9.17, 15) is 0 Å². The van der Waals surface area contributed by atoms with Crippen molar-refractivity contribution < 1.29 is 9.84 Å². The molecule has 0 rings (SSSR count). The standard InChI is InChI=1S/C6H14BNO2S/c1-10-4-5(2-8)11-6(7)3-9/h5-6,9H,2-4,8H2,1H3. The molecule has 11 heavy (non-hydrogen) atoms. The van der Waals surface area contributed by atoms with Gasteiger partial charge in [0.1, 0.15) is 0 Å². The second-order valence-corrected chi connectivity index (χ2v) is 3.71. The second kappa shape index (κ2) is 6.97. The first-order valence-corrected chi connectivity index (χ1v) is 4.39. The molecule has 0 aliphatic heterocycles. The largest absolute Gasteiger partial charge is 0.396 e. The Morgan fingerprint density at radius 1 is 1.73 bits per heavy atom. The fourth-order valence-electron chi connectivity index (χ4n) is 0.639. The predicted octanol–water partition coefficient (Wildman–Crippen LogP) is -0.820. The molecule has 0 spiro atoms. The van der Waals surface area contributed by atoms with Crippen LogP contribution in [0.1, 0.15) is 0 Å². The van der Waals surface area contributed by atoms with Gasteiger partial charge in [-0.05, 0) is 5.15 Å². The van der Waals surface area contributed by atoms with Crippen LogP contribution in [0, 0.1) is 0 Å². The van der Waals surface area contributed by atoms with Crippen LogP contribution in [0.25, 0.3) is 0 Å². The van der Waals surface area contributed by atoms with Crippen molar-refractivity contribution in [3.63, 3.8) is 0 Å². The van der Waals surface area contributed by atoms with Crippen LogP contribution < -0.4 is 5.73 Å². The van der Waals surface area contributed by atoms with E-state index in [0.29, 0.717) is 13.2 Å². The van der Waals surface area contributed by atoms with Crippen molar-refractivity contribution in [2.24, 2.45) is 5.73 Å². The first kappa shape index (κ1) is 11.3. The van der Waals surface area contributed by atoms with Gasteiger partial charge in [0, 0.05) is 25.5 Å². The SMILES string of the molecule is [B]C(CO)SC(CN)COC. The number of ether oxygens (including phenoxy) is 1. The second-order valence-electron chi connectivity index (χ2n) is 2.17. The van der Waals surface area contributed by atoms with Crippen LogP contribution in [0.4, 0.5) is 0 Å². The van der Waals surface area contributed by atoms with Gasteiger partial charge < -0.3 is 15.6 Å². The average Bonchev–Trinajstić information content (AvgIpc) is 2.03. The van der Waals surface area contributed by atoms with Crippen molar-refractivity contribution in [1.29, 1.82) is 0 Å². The third-order valence-corrected chi connectivity index (χ3v) is 2.37. The van der Waals surface area contributed by atoms with Crippen molar-refractivity contribution in [1.82, 2.24) is 0 Å². The third-order valence-electron chi connectivity index (χ3n) is 1.16. The summed E-state index contributed by atoms with van der Waals surface area (Å²) >= 11 is 1.45. The zero-order chi connectivity index (χ0) is 8.69. The molecule has 2 radical (unpaired) electrons. The zero-order valence-electron chi connectivity index (χ0n) is 6.69. The molecule has 5 heteroatoms. The molecule has 0 aromatic carbocycles. The van der Waals surface area contributed by atoms with Gasteiger partial charge >= 0.3 is 0 Å². The minimum atomic E-state index is -0.251. The number of methoxy groups -OCH3 is 1. The Morgan fingerprint density at radius 2 is 2.36 bits per heavy atom. The van der Waals surface area contributed by atoms with E-state index in [1.807, 2.05) is 0 Å². The summed E-state index contributed by atoms with van der Waals surface area (Å²) in [5.74, 6) is 0. The van der Waals surface area contributed by atoms with Gasteiger partial charge in [-0.3, -0.25) is 0 Å². The maximum absolute atomic E-state index is 8.62. The summed E-state index contributed by atoms with van der Waals surface area (Å²) < 4.78 is 4.90. The molecule has 0 heterocycles. The van der Waals surface area contributed by atoms with E-state index < -0.39 is 0 Å². The lowest BCUT2D eigenvalue weighted by atomic mass is 10.1. The minimum absolute atomic E-state index is 0.0229. The Balaban J connectivity index is 3.49. The van der Waals surface area contributed by atoms with E-state index in [2.05, 4.69) is 0 Å². The molecule has 2 atom stereocenters. The molecule has 0 aromatic heterocycles. The number of aliphatic hydroxyl groups excluding tert-OH is 1. The highest BCUT2D eigenvalue weighted by atomic mass is 32.2. The first-order chi connectivity index (χ1) is 5.24. The fraction of sp³-hybridized carbons (Fsp3) is 1.00. The highest BCUT2D eigenvalue weighted by Crippen LogP contribution is 2.14. The topological polar surface area (TPSA) is 55.5 Å². The van der Waals surface area contributed by atoms with Gasteiger partial charge in [-0.25, -0.2) is 0 Å². The molecule has 0 amide bonds. The van der Waals surface area contributed by atoms with Gasteiger partial charge in [0.25, 0.3) is 0 Å². The van der Waals surface area contributed by atoms with E-state index in [-0.39, 0.29) is 17.0 Å². The molecule has 0 saturated heterocycles. The molecule has 0 bridgehead atoms. The smallest absolute Gasteiger partial charge is 0.0878 e. The number of aliphatic hydroxyl groups is 1. The summed E-state index contributed by atoms with van der Waals surface area (Å²) in [6.45, 7) is 1.08. The van der Waals surface area contributed by atoms with Gasteiger partial charge in [0.05, 0.1) is 14.5 Å². The zero-order valence-corrected chi connectivity index (χ0v) is 7.51. The lowest BCUT2D eigenvalue weighted by molar-refractivity contribution is 0.200. The fourth-order valence-corrected chi connectivity index (χ4v) is 1.55. The van der Waals surface area contributed by atoms with E-state index in [1.54, 1.807) is 7.11 Å². The summed E-state index contributed by atoms with van der Waals surface area (Å²) in [7, 11) is 7.10. The predicted molar refractivity (Wildman–Crippen MR) is 48.9 cm³/mol. The number of hydrogen-bond donors (Lipinski definition) is 2. The molecule has 0 fully saturated rings. The number of nitrogens with two attached hydrogens (primary N) is 1. The quantitative estimate of drug-likeness (QED) is 0.518. The van der Waals surface area contributed by atoms with Crippen LogP contribution in [-0.2, 0) is 4.74 Å². The third kappa shape index (κ3) is 5.55. The Labute approximate surface area is 73.1 Å². The Kier molecular flexibility index (Phi) is 7.16. The molecular weight excluding hydrogens is 161 g/mol. The average molecular weight is 175 g/mol. The Morgan fingerprint density at radius 3 is 2.73 bits per heavy atom. The van der Waals surface area contributed by atoms with Crippen molar-refractivity contribution in [2.45, 2.75) is 10.4 Å². The molecule has 0 aliphatic rings. The molecule has 0 saturated carbocycles. The van der Waals surface area contributed by atoms with Crippen LogP contribution in [0.5, 0.6) is 0 Å². The van der Waals surface area contributed by atoms with E-state index >= 15 is 0 Å². The molecular formula is C6H14BNO2S. The van der Waals surface area contributed by atoms with Gasteiger partial charge in [-0.15, -0.1) is 0 Å². The minimum Gasteiger partial charge on any atom is -0.396 e. The maximum atomic E-state index is 8.62. The number of thioether (sulfide) groups is 1. The Bertz CT molecular complexity index is 96.7. The van der Waals surface area contributed by atoms with E-state index in [4.69, 9.17) is 23.4 Å². The highest BCUT2D eigenvalue weighted by Gasteiger charge is 2.10. The summed E-state index contributed by atoms with van der Waals surface area (Å²) in [5.41, 5.74) is 5.42. The molecule has 0 aliphatic carbocycles. The van der Waals surface area contributed by atoms with Crippen LogP contribution in [-0.4, -0.2) is 50.2 Å². The summed E-state index contributed by atoms with van der Waals surface area (Å²) in [4.78, 5) is 0. The normalized spacial score (nSPS) is 16.3. The Hall–Kier alpha value is 0.295. The monoisotopic (exact) mass is 175 g/mol. The van der Waals surface area contributed by atoms with Crippen molar-refractivity contribution in [2.75, 3.05) is 26.9 Å². The summed E-state index contributed by atoms with van der Waals surface area (Å²) in [6, 6.07) is 0. The summed E-state index contributed by atoms with van der Waals surface area (Å²) in [6.07, 6.45) is 0. The first-order valence-electron chi connectivity index (χ1n) is 3.45. The van der Waals surface area contributed by atoms with Crippen molar-refractivity contribution >= 4 is 19.6 Å². The number of rotatable bonds is 6. The van der Waals surface area contributed by atoms with E-state index in [1.165, 1.54) is 11.8 Å². The van der Waals surface area contributed by atoms with Crippen molar-refractivity contribution in [3.05, 3.63) is 0 Å². The van der Waals surface area contributed by atoms with Gasteiger partial charge in [0.2, 0.25) is 0 Å². The van der Waals surface area contributed by atoms with Crippen LogP contribution in [0.3, 0.4) is 0 Å². The molecule has 3 nitrogen and oxygen atoms in total. The van der Waals surface area contributed by atoms with Crippen LogP contribution in [0.2, 0.25) is 0 Å². The maximum Gasteiger partial charge on any atom is 0.0878 e. The number of hydrogen-bond acceptors (Lipinski definition) is 4. The van der Waals surface area contributed by atoms with Gasteiger partial charge in [-0.2, -0.15) is 11.8 Å². The van der Waals surface area contributed by atoms with Crippen molar-refractivity contribution in [3.8, 4) is 0 Å². The molecule has 64 valence electrons. The van der Waals surface area contributed by atoms with Crippen LogP contribution in [0.15, 0.2) is 0 Å². The van der Waals surface area contributed by atoms with Crippen LogP contribution >= 0.6 is 11.8 Å². The lowest BCUT2D eigenvalue weighted by Gasteiger charge is -2.16. The molecule has 2 unspecified atom stereocenters. The van der Waals surface area contributed by atoms with Gasteiger partial charge in [0.15, 0.2) is 0 Å². The lowest BCUT2D eigenvalue weighted by Crippen LogP contribution is -2.26. The molecule has 0 aromatic rings. The van der Waals surface area contributed by atoms with E-state index in [0.717, 1.165) is 0 Å².